The summed E-state index contributed by atoms with van der Waals surface area (Å²) >= 11 is 5.86. The topological polar surface area (TPSA) is 91.6 Å². The van der Waals surface area contributed by atoms with E-state index in [1.54, 1.807) is 37.3 Å². The lowest BCUT2D eigenvalue weighted by atomic mass is 10.0. The number of anilines is 1. The number of rotatable bonds is 4. The monoisotopic (exact) mass is 336 g/mol. The average molecular weight is 337 g/mol. The van der Waals surface area contributed by atoms with E-state index in [2.05, 4.69) is 10.6 Å². The molecule has 1 aromatic carbocycles. The fraction of sp³-hybridized carbons (Fsp3) is 0.250. The number of carbonyl (C=O) groups is 2. The van der Waals surface area contributed by atoms with E-state index < -0.39 is 17.4 Å². The Balaban J connectivity index is 1.95. The number of aryl methyl sites for hydroxylation is 1. The van der Waals surface area contributed by atoms with E-state index in [9.17, 15) is 14.7 Å². The largest absolute Gasteiger partial charge is 0.466 e. The number of nitrogens with one attached hydrogen (secondary N) is 2. The molecule has 1 unspecified atom stereocenters. The molecule has 0 fully saturated rings. The van der Waals surface area contributed by atoms with E-state index in [0.29, 0.717) is 16.5 Å². The first-order valence-electron chi connectivity index (χ1n) is 6.91. The Labute approximate surface area is 138 Å². The maximum atomic E-state index is 11.9. The highest BCUT2D eigenvalue weighted by molar-refractivity contribution is 6.40. The molecule has 2 aromatic rings. The predicted molar refractivity (Wildman–Crippen MR) is 86.1 cm³/mol. The number of hydrogen-bond donors (Lipinski definition) is 3. The zero-order valence-electron chi connectivity index (χ0n) is 12.7. The van der Waals surface area contributed by atoms with E-state index in [1.807, 2.05) is 0 Å². The van der Waals surface area contributed by atoms with Gasteiger partial charge in [-0.3, -0.25) is 9.59 Å². The molecule has 0 saturated heterocycles. The molecule has 0 aliphatic heterocycles. The van der Waals surface area contributed by atoms with Crippen LogP contribution >= 0.6 is 11.6 Å². The lowest BCUT2D eigenvalue weighted by Crippen LogP contribution is -2.43. The van der Waals surface area contributed by atoms with Gasteiger partial charge in [0.05, 0.1) is 12.8 Å². The quantitative estimate of drug-likeness (QED) is 0.746. The van der Waals surface area contributed by atoms with Gasteiger partial charge in [-0.25, -0.2) is 0 Å². The molecule has 0 spiro atoms. The van der Waals surface area contributed by atoms with Gasteiger partial charge in [0.15, 0.2) is 0 Å². The van der Waals surface area contributed by atoms with Crippen LogP contribution in [-0.2, 0) is 15.2 Å². The zero-order valence-corrected chi connectivity index (χ0v) is 13.5. The molecule has 1 aromatic heterocycles. The Morgan fingerprint density at radius 3 is 2.70 bits per heavy atom. The van der Waals surface area contributed by atoms with Crippen molar-refractivity contribution in [3.8, 4) is 0 Å². The summed E-state index contributed by atoms with van der Waals surface area (Å²) in [5.41, 5.74) is -0.181. The summed E-state index contributed by atoms with van der Waals surface area (Å²) in [6.45, 7) is 3.10. The number of furan rings is 1. The van der Waals surface area contributed by atoms with Crippen molar-refractivity contribution >= 4 is 29.1 Å². The van der Waals surface area contributed by atoms with Crippen LogP contribution in [0, 0.1) is 6.92 Å². The standard InChI is InChI=1S/C16H17ClN2O4/c1-10-5-6-11(17)8-12(10)19-15(21)14(20)18-9-16(2,22)13-4-3-7-23-13/h3-8,22H,9H2,1-2H3,(H,18,20)(H,19,21). The van der Waals surface area contributed by atoms with Gasteiger partial charge >= 0.3 is 11.8 Å². The molecule has 2 amide bonds. The predicted octanol–water partition coefficient (Wildman–Crippen LogP) is 2.20. The van der Waals surface area contributed by atoms with Gasteiger partial charge in [-0.1, -0.05) is 17.7 Å². The van der Waals surface area contributed by atoms with Crippen LogP contribution in [-0.4, -0.2) is 23.5 Å². The average Bonchev–Trinajstić information content (AvgIpc) is 3.03. The van der Waals surface area contributed by atoms with E-state index in [4.69, 9.17) is 16.0 Å². The minimum atomic E-state index is -1.41. The summed E-state index contributed by atoms with van der Waals surface area (Å²) in [4.78, 5) is 23.8. The summed E-state index contributed by atoms with van der Waals surface area (Å²) < 4.78 is 5.10. The van der Waals surface area contributed by atoms with Gasteiger partial charge in [-0.2, -0.15) is 0 Å². The van der Waals surface area contributed by atoms with Crippen molar-refractivity contribution in [1.29, 1.82) is 0 Å². The Morgan fingerprint density at radius 1 is 1.30 bits per heavy atom. The fourth-order valence-corrected chi connectivity index (χ4v) is 2.08. The number of carbonyl (C=O) groups excluding carboxylic acids is 2. The minimum absolute atomic E-state index is 0.165. The third-order valence-electron chi connectivity index (χ3n) is 3.30. The molecule has 0 bridgehead atoms. The van der Waals surface area contributed by atoms with Gasteiger partial charge in [-0.15, -0.1) is 0 Å². The number of hydrogen-bond acceptors (Lipinski definition) is 4. The summed E-state index contributed by atoms with van der Waals surface area (Å²) in [6.07, 6.45) is 1.42. The van der Waals surface area contributed by atoms with Crippen LogP contribution in [0.3, 0.4) is 0 Å². The minimum Gasteiger partial charge on any atom is -0.466 e. The number of benzene rings is 1. The Hall–Kier alpha value is -2.31. The molecule has 0 aliphatic carbocycles. The van der Waals surface area contributed by atoms with Crippen molar-refractivity contribution in [2.45, 2.75) is 19.4 Å². The molecule has 6 nitrogen and oxygen atoms in total. The van der Waals surface area contributed by atoms with Crippen LogP contribution < -0.4 is 10.6 Å². The summed E-state index contributed by atoms with van der Waals surface area (Å²) in [5.74, 6) is -1.41. The third-order valence-corrected chi connectivity index (χ3v) is 3.53. The summed E-state index contributed by atoms with van der Waals surface area (Å²) in [6, 6.07) is 8.19. The van der Waals surface area contributed by atoms with Crippen molar-refractivity contribution in [2.75, 3.05) is 11.9 Å². The van der Waals surface area contributed by atoms with E-state index in [0.717, 1.165) is 5.56 Å². The fourth-order valence-electron chi connectivity index (χ4n) is 1.91. The second-order valence-corrected chi connectivity index (χ2v) is 5.78. The highest BCUT2D eigenvalue weighted by atomic mass is 35.5. The number of halogens is 1. The molecule has 3 N–H and O–H groups in total. The van der Waals surface area contributed by atoms with Crippen molar-refractivity contribution in [1.82, 2.24) is 5.32 Å². The maximum absolute atomic E-state index is 11.9. The highest BCUT2D eigenvalue weighted by Crippen LogP contribution is 2.21. The van der Waals surface area contributed by atoms with Gasteiger partial charge in [0.1, 0.15) is 11.4 Å². The Morgan fingerprint density at radius 2 is 2.04 bits per heavy atom. The van der Waals surface area contributed by atoms with Crippen molar-refractivity contribution < 1.29 is 19.1 Å². The lowest BCUT2D eigenvalue weighted by molar-refractivity contribution is -0.136. The first kappa shape index (κ1) is 17.1. The SMILES string of the molecule is Cc1ccc(Cl)cc1NC(=O)C(=O)NCC(C)(O)c1ccco1. The molecule has 7 heteroatoms. The second kappa shape index (κ2) is 6.85. The lowest BCUT2D eigenvalue weighted by Gasteiger charge is -2.21. The summed E-state index contributed by atoms with van der Waals surface area (Å²) in [7, 11) is 0. The van der Waals surface area contributed by atoms with Gasteiger partial charge in [0.2, 0.25) is 0 Å². The molecule has 2 rings (SSSR count). The maximum Gasteiger partial charge on any atom is 0.313 e. The molecule has 1 atom stereocenters. The van der Waals surface area contributed by atoms with Crippen LogP contribution in [0.4, 0.5) is 5.69 Å². The van der Waals surface area contributed by atoms with Crippen LogP contribution in [0.15, 0.2) is 41.0 Å². The van der Waals surface area contributed by atoms with Crippen LogP contribution in [0.1, 0.15) is 18.2 Å². The molecular weight excluding hydrogens is 320 g/mol. The highest BCUT2D eigenvalue weighted by Gasteiger charge is 2.28. The first-order valence-corrected chi connectivity index (χ1v) is 7.29. The smallest absolute Gasteiger partial charge is 0.313 e. The second-order valence-electron chi connectivity index (χ2n) is 5.35. The van der Waals surface area contributed by atoms with E-state index in [-0.39, 0.29) is 6.54 Å². The zero-order chi connectivity index (χ0) is 17.0. The van der Waals surface area contributed by atoms with Gasteiger partial charge in [-0.05, 0) is 43.7 Å². The number of amides is 2. The van der Waals surface area contributed by atoms with E-state index >= 15 is 0 Å². The van der Waals surface area contributed by atoms with Crippen LogP contribution in [0.5, 0.6) is 0 Å². The first-order chi connectivity index (χ1) is 10.8. The third kappa shape index (κ3) is 4.34. The molecule has 0 saturated carbocycles. The Kier molecular flexibility index (Phi) is 5.08. The van der Waals surface area contributed by atoms with Crippen LogP contribution in [0.2, 0.25) is 5.02 Å². The normalized spacial score (nSPS) is 13.2. The van der Waals surface area contributed by atoms with Crippen LogP contribution in [0.25, 0.3) is 0 Å². The van der Waals surface area contributed by atoms with Crippen molar-refractivity contribution in [3.63, 3.8) is 0 Å². The molecule has 1 heterocycles. The number of aliphatic hydroxyl groups is 1. The molecule has 0 radical (unpaired) electrons. The van der Waals surface area contributed by atoms with Crippen molar-refractivity contribution in [3.05, 3.63) is 52.9 Å². The summed E-state index contributed by atoms with van der Waals surface area (Å²) in [5, 5.41) is 15.5. The Bertz CT molecular complexity index is 711. The molecule has 122 valence electrons. The van der Waals surface area contributed by atoms with E-state index in [1.165, 1.54) is 13.2 Å². The van der Waals surface area contributed by atoms with Gasteiger partial charge < -0.3 is 20.2 Å². The van der Waals surface area contributed by atoms with Gasteiger partial charge in [0, 0.05) is 10.7 Å². The van der Waals surface area contributed by atoms with Gasteiger partial charge in [0.25, 0.3) is 0 Å². The van der Waals surface area contributed by atoms with Crippen molar-refractivity contribution in [2.24, 2.45) is 0 Å². The molecule has 23 heavy (non-hydrogen) atoms. The molecule has 0 aliphatic rings. The molecular formula is C16H17ClN2O4.